The molecule has 2 N–H and O–H groups in total. The number of aliphatic hydroxyl groups is 1. The molecule has 0 aliphatic carbocycles. The fraction of sp³-hybridized carbons (Fsp3) is 0.688. The lowest BCUT2D eigenvalue weighted by atomic mass is 9.89. The molecule has 0 saturated carbocycles. The molecule has 24 heavy (non-hydrogen) atoms. The van der Waals surface area contributed by atoms with Crippen molar-refractivity contribution in [1.29, 1.82) is 0 Å². The maximum atomic E-state index is 13.4. The number of hydrogen-bond acceptors (Lipinski definition) is 5. The third kappa shape index (κ3) is 2.77. The molecule has 2 saturated heterocycles. The minimum atomic E-state index is -2.69. The predicted octanol–water partition coefficient (Wildman–Crippen LogP) is 1.44. The fourth-order valence-electron chi connectivity index (χ4n) is 4.25. The maximum Gasteiger partial charge on any atom is 0.280 e. The number of nitrogens with one attached hydrogen (secondary N) is 1. The van der Waals surface area contributed by atoms with E-state index in [0.717, 1.165) is 38.4 Å². The van der Waals surface area contributed by atoms with Crippen molar-refractivity contribution < 1.29 is 13.9 Å². The van der Waals surface area contributed by atoms with E-state index in [1.807, 2.05) is 0 Å². The molecule has 1 unspecified atom stereocenters. The highest BCUT2D eigenvalue weighted by Crippen LogP contribution is 2.42. The smallest absolute Gasteiger partial charge is 0.280 e. The number of nitrogens with zero attached hydrogens (tertiary/aromatic N) is 3. The molecule has 4 rings (SSSR count). The molecule has 2 fully saturated rings. The summed E-state index contributed by atoms with van der Waals surface area (Å²) >= 11 is 5.99. The van der Waals surface area contributed by atoms with Crippen LogP contribution in [-0.4, -0.2) is 65.9 Å². The van der Waals surface area contributed by atoms with Crippen molar-refractivity contribution in [2.45, 2.75) is 37.5 Å². The molecule has 8 heteroatoms. The zero-order valence-electron chi connectivity index (χ0n) is 13.3. The molecule has 3 aliphatic rings. The van der Waals surface area contributed by atoms with E-state index >= 15 is 0 Å². The number of piperazine rings is 1. The van der Waals surface area contributed by atoms with Crippen molar-refractivity contribution in [2.75, 3.05) is 37.6 Å². The molecule has 3 aliphatic heterocycles. The first-order valence-electron chi connectivity index (χ1n) is 8.41. The summed E-state index contributed by atoms with van der Waals surface area (Å²) < 4.78 is 26.7. The van der Waals surface area contributed by atoms with Crippen LogP contribution in [0.2, 0.25) is 5.15 Å². The number of fused-ring (bicyclic) bond motifs is 3. The van der Waals surface area contributed by atoms with E-state index in [1.54, 1.807) is 6.07 Å². The molecule has 0 spiro atoms. The van der Waals surface area contributed by atoms with E-state index in [9.17, 15) is 13.9 Å². The van der Waals surface area contributed by atoms with Crippen molar-refractivity contribution in [3.63, 3.8) is 0 Å². The standard InChI is InChI=1S/C16H21ClF2N4O/c17-14-7-11-10(15(21-14)16(18)19)5-9(24)6-12-13(8-23(11)12)22-3-1-20-2-4-22/h7,9,12-13,16,20,24H,1-6,8H2/t9?,12-,13+/m0/s1. The van der Waals surface area contributed by atoms with Gasteiger partial charge in [0.25, 0.3) is 6.43 Å². The minimum Gasteiger partial charge on any atom is -0.393 e. The van der Waals surface area contributed by atoms with Crippen LogP contribution in [0.25, 0.3) is 0 Å². The molecule has 1 aromatic heterocycles. The van der Waals surface area contributed by atoms with E-state index < -0.39 is 12.5 Å². The maximum absolute atomic E-state index is 13.4. The van der Waals surface area contributed by atoms with Gasteiger partial charge in [-0.15, -0.1) is 0 Å². The van der Waals surface area contributed by atoms with E-state index in [-0.39, 0.29) is 23.3 Å². The second-order valence-electron chi connectivity index (χ2n) is 6.80. The van der Waals surface area contributed by atoms with Gasteiger partial charge in [-0.2, -0.15) is 0 Å². The predicted molar refractivity (Wildman–Crippen MR) is 87.9 cm³/mol. The number of hydrogen-bond donors (Lipinski definition) is 2. The third-order valence-electron chi connectivity index (χ3n) is 5.42. The normalized spacial score (nSPS) is 30.5. The summed E-state index contributed by atoms with van der Waals surface area (Å²) in [5.41, 5.74) is 0.879. The zero-order chi connectivity index (χ0) is 16.8. The van der Waals surface area contributed by atoms with Crippen molar-refractivity contribution in [3.05, 3.63) is 22.5 Å². The Labute approximate surface area is 144 Å². The summed E-state index contributed by atoms with van der Waals surface area (Å²) in [6.45, 7) is 4.68. The summed E-state index contributed by atoms with van der Waals surface area (Å²) in [6.07, 6.45) is -2.53. The van der Waals surface area contributed by atoms with Crippen molar-refractivity contribution in [3.8, 4) is 0 Å². The lowest BCUT2D eigenvalue weighted by Gasteiger charge is -2.54. The molecular weight excluding hydrogens is 338 g/mol. The average molecular weight is 359 g/mol. The van der Waals surface area contributed by atoms with Crippen LogP contribution in [0.15, 0.2) is 6.07 Å². The van der Waals surface area contributed by atoms with E-state index in [1.165, 1.54) is 0 Å². The Balaban J connectivity index is 1.66. The topological polar surface area (TPSA) is 51.6 Å². The van der Waals surface area contributed by atoms with Crippen LogP contribution >= 0.6 is 11.6 Å². The van der Waals surface area contributed by atoms with Crippen LogP contribution in [-0.2, 0) is 6.42 Å². The van der Waals surface area contributed by atoms with Gasteiger partial charge < -0.3 is 15.3 Å². The monoisotopic (exact) mass is 358 g/mol. The number of halogens is 3. The number of alkyl halides is 2. The van der Waals surface area contributed by atoms with Crippen LogP contribution in [0.3, 0.4) is 0 Å². The largest absolute Gasteiger partial charge is 0.393 e. The van der Waals surface area contributed by atoms with E-state index in [2.05, 4.69) is 20.1 Å². The van der Waals surface area contributed by atoms with Gasteiger partial charge in [0.05, 0.1) is 6.10 Å². The first-order valence-corrected chi connectivity index (χ1v) is 8.79. The number of rotatable bonds is 2. The molecule has 0 bridgehead atoms. The highest BCUT2D eigenvalue weighted by Gasteiger charge is 2.46. The number of anilines is 1. The summed E-state index contributed by atoms with van der Waals surface area (Å²) in [7, 11) is 0. The van der Waals surface area contributed by atoms with Gasteiger partial charge in [0.2, 0.25) is 0 Å². The summed E-state index contributed by atoms with van der Waals surface area (Å²) in [5.74, 6) is 0. The number of aliphatic hydroxyl groups excluding tert-OH is 1. The van der Waals surface area contributed by atoms with Gasteiger partial charge in [-0.1, -0.05) is 11.6 Å². The van der Waals surface area contributed by atoms with Gasteiger partial charge in [-0.3, -0.25) is 4.90 Å². The summed E-state index contributed by atoms with van der Waals surface area (Å²) in [5, 5.41) is 13.8. The summed E-state index contributed by atoms with van der Waals surface area (Å²) in [6, 6.07) is 2.17. The quantitative estimate of drug-likeness (QED) is 0.784. The van der Waals surface area contributed by atoms with Gasteiger partial charge in [-0.05, 0) is 12.5 Å². The second-order valence-corrected chi connectivity index (χ2v) is 7.18. The fourth-order valence-corrected chi connectivity index (χ4v) is 4.45. The van der Waals surface area contributed by atoms with E-state index in [0.29, 0.717) is 18.0 Å². The molecule has 0 radical (unpaired) electrons. The zero-order valence-corrected chi connectivity index (χ0v) is 14.0. The Morgan fingerprint density at radius 3 is 2.75 bits per heavy atom. The molecular formula is C16H21ClF2N4O. The Hall–Kier alpha value is -1.02. The Morgan fingerprint density at radius 2 is 2.04 bits per heavy atom. The Kier molecular flexibility index (Phi) is 4.36. The molecule has 1 aromatic rings. The lowest BCUT2D eigenvalue weighted by Crippen LogP contribution is -2.69. The Bertz CT molecular complexity index is 626. The minimum absolute atomic E-state index is 0.0878. The van der Waals surface area contributed by atoms with Crippen LogP contribution in [0, 0.1) is 0 Å². The van der Waals surface area contributed by atoms with Gasteiger partial charge in [-0.25, -0.2) is 13.8 Å². The molecule has 132 valence electrons. The van der Waals surface area contributed by atoms with Gasteiger partial charge in [0, 0.05) is 62.5 Å². The molecule has 3 atom stereocenters. The number of aromatic nitrogens is 1. The number of pyridine rings is 1. The molecule has 0 amide bonds. The van der Waals surface area contributed by atoms with Gasteiger partial charge >= 0.3 is 0 Å². The van der Waals surface area contributed by atoms with Crippen molar-refractivity contribution in [1.82, 2.24) is 15.2 Å². The van der Waals surface area contributed by atoms with Crippen LogP contribution in [0.4, 0.5) is 14.5 Å². The first kappa shape index (κ1) is 16.4. The SMILES string of the molecule is OC1Cc2c(cc(Cl)nc2C(F)F)N2C[C@@H](N3CCNCC3)[C@@H]2C1. The molecule has 4 heterocycles. The third-order valence-corrected chi connectivity index (χ3v) is 5.61. The average Bonchev–Trinajstić information content (AvgIpc) is 2.63. The van der Waals surface area contributed by atoms with Gasteiger partial charge in [0.15, 0.2) is 0 Å². The second kappa shape index (κ2) is 6.37. The summed E-state index contributed by atoms with van der Waals surface area (Å²) in [4.78, 5) is 8.37. The van der Waals surface area contributed by atoms with Crippen LogP contribution in [0.1, 0.15) is 24.1 Å². The van der Waals surface area contributed by atoms with Crippen LogP contribution in [0.5, 0.6) is 0 Å². The highest BCUT2D eigenvalue weighted by molar-refractivity contribution is 6.29. The Morgan fingerprint density at radius 1 is 1.29 bits per heavy atom. The van der Waals surface area contributed by atoms with Crippen LogP contribution < -0.4 is 10.2 Å². The first-order chi connectivity index (χ1) is 11.5. The highest BCUT2D eigenvalue weighted by atomic mass is 35.5. The molecule has 5 nitrogen and oxygen atoms in total. The van der Waals surface area contributed by atoms with Gasteiger partial charge in [0.1, 0.15) is 10.8 Å². The van der Waals surface area contributed by atoms with Crippen molar-refractivity contribution >= 4 is 17.3 Å². The molecule has 0 aromatic carbocycles. The lowest BCUT2D eigenvalue weighted by molar-refractivity contribution is 0.0760. The van der Waals surface area contributed by atoms with E-state index in [4.69, 9.17) is 11.6 Å². The van der Waals surface area contributed by atoms with Crippen molar-refractivity contribution in [2.24, 2.45) is 0 Å².